The van der Waals surface area contributed by atoms with Gasteiger partial charge in [0.15, 0.2) is 0 Å². The Hall–Kier alpha value is -2.15. The molecule has 3 aromatic rings. The molecule has 1 fully saturated rings. The summed E-state index contributed by atoms with van der Waals surface area (Å²) in [5.41, 5.74) is 2.42. The average Bonchev–Trinajstić information content (AvgIpc) is 3.34. The minimum atomic E-state index is -0.458. The molecule has 1 spiro atoms. The van der Waals surface area contributed by atoms with Gasteiger partial charge in [-0.05, 0) is 6.07 Å². The van der Waals surface area contributed by atoms with Crippen molar-refractivity contribution in [3.05, 3.63) is 47.0 Å². The predicted octanol–water partition coefficient (Wildman–Crippen LogP) is 3.23. The molecule has 0 aromatic carbocycles. The van der Waals surface area contributed by atoms with Crippen LogP contribution in [0.5, 0.6) is 5.75 Å². The SMILES string of the molecule is COc1cc(-n2ccc3cnc(Cl)cc32)nc2c1COC21CCOC1. The molecule has 5 heterocycles. The number of pyridine rings is 2. The average molecular weight is 358 g/mol. The summed E-state index contributed by atoms with van der Waals surface area (Å²) >= 11 is 6.08. The highest BCUT2D eigenvalue weighted by molar-refractivity contribution is 6.30. The molecule has 0 bridgehead atoms. The van der Waals surface area contributed by atoms with E-state index >= 15 is 0 Å². The normalized spacial score (nSPS) is 22.0. The van der Waals surface area contributed by atoms with Gasteiger partial charge in [0.1, 0.15) is 22.3 Å². The smallest absolute Gasteiger partial charge is 0.141 e. The molecular weight excluding hydrogens is 342 g/mol. The Balaban J connectivity index is 1.73. The first-order chi connectivity index (χ1) is 12.2. The molecule has 1 atom stereocenters. The van der Waals surface area contributed by atoms with Crippen LogP contribution in [0.25, 0.3) is 16.7 Å². The van der Waals surface area contributed by atoms with Crippen LogP contribution in [0.3, 0.4) is 0 Å². The van der Waals surface area contributed by atoms with Crippen molar-refractivity contribution in [1.29, 1.82) is 0 Å². The molecule has 0 saturated carbocycles. The van der Waals surface area contributed by atoms with Gasteiger partial charge in [0.25, 0.3) is 0 Å². The first-order valence-electron chi connectivity index (χ1n) is 8.13. The van der Waals surface area contributed by atoms with Gasteiger partial charge in [-0.2, -0.15) is 0 Å². The number of methoxy groups -OCH3 is 1. The highest BCUT2D eigenvalue weighted by Crippen LogP contribution is 2.45. The largest absolute Gasteiger partial charge is 0.496 e. The van der Waals surface area contributed by atoms with Crippen LogP contribution in [-0.4, -0.2) is 34.9 Å². The molecule has 2 aliphatic rings. The van der Waals surface area contributed by atoms with Gasteiger partial charge in [-0.25, -0.2) is 9.97 Å². The summed E-state index contributed by atoms with van der Waals surface area (Å²) in [6.07, 6.45) is 4.53. The van der Waals surface area contributed by atoms with Crippen molar-refractivity contribution in [2.24, 2.45) is 0 Å². The third-order valence-electron chi connectivity index (χ3n) is 4.99. The molecule has 25 heavy (non-hydrogen) atoms. The maximum atomic E-state index is 6.09. The topological polar surface area (TPSA) is 58.4 Å². The van der Waals surface area contributed by atoms with Crippen molar-refractivity contribution in [3.8, 4) is 11.6 Å². The van der Waals surface area contributed by atoms with Crippen molar-refractivity contribution in [3.63, 3.8) is 0 Å². The van der Waals surface area contributed by atoms with E-state index in [4.69, 9.17) is 30.8 Å². The number of aromatic nitrogens is 3. The Morgan fingerprint density at radius 1 is 1.36 bits per heavy atom. The van der Waals surface area contributed by atoms with Gasteiger partial charge in [0.05, 0.1) is 31.5 Å². The fraction of sp³-hybridized carbons (Fsp3) is 0.333. The summed E-state index contributed by atoms with van der Waals surface area (Å²) in [7, 11) is 1.67. The van der Waals surface area contributed by atoms with E-state index in [1.807, 2.05) is 29.0 Å². The molecule has 7 heteroatoms. The van der Waals surface area contributed by atoms with Crippen molar-refractivity contribution in [2.75, 3.05) is 20.3 Å². The number of hydrogen-bond acceptors (Lipinski definition) is 5. The molecule has 128 valence electrons. The second-order valence-corrected chi connectivity index (χ2v) is 6.73. The van der Waals surface area contributed by atoms with E-state index in [1.165, 1.54) is 0 Å². The van der Waals surface area contributed by atoms with Crippen LogP contribution in [0.1, 0.15) is 17.7 Å². The number of halogens is 1. The van der Waals surface area contributed by atoms with E-state index < -0.39 is 5.60 Å². The maximum absolute atomic E-state index is 6.09. The zero-order valence-corrected chi connectivity index (χ0v) is 14.4. The van der Waals surface area contributed by atoms with Crippen LogP contribution in [0.2, 0.25) is 5.15 Å². The van der Waals surface area contributed by atoms with Gasteiger partial charge in [0.2, 0.25) is 0 Å². The van der Waals surface area contributed by atoms with Crippen LogP contribution in [0.15, 0.2) is 30.6 Å². The Morgan fingerprint density at radius 2 is 2.28 bits per heavy atom. The predicted molar refractivity (Wildman–Crippen MR) is 92.3 cm³/mol. The van der Waals surface area contributed by atoms with Crippen molar-refractivity contribution in [2.45, 2.75) is 18.6 Å². The molecular formula is C18H16ClN3O3. The minimum Gasteiger partial charge on any atom is -0.496 e. The highest BCUT2D eigenvalue weighted by Gasteiger charge is 2.46. The number of hydrogen-bond donors (Lipinski definition) is 0. The lowest BCUT2D eigenvalue weighted by molar-refractivity contribution is -0.0443. The molecule has 0 amide bonds. The fourth-order valence-electron chi connectivity index (χ4n) is 3.69. The first-order valence-corrected chi connectivity index (χ1v) is 8.51. The maximum Gasteiger partial charge on any atom is 0.141 e. The highest BCUT2D eigenvalue weighted by atomic mass is 35.5. The van der Waals surface area contributed by atoms with E-state index in [0.717, 1.165) is 40.1 Å². The van der Waals surface area contributed by atoms with Crippen LogP contribution < -0.4 is 4.74 Å². The fourth-order valence-corrected chi connectivity index (χ4v) is 3.84. The lowest BCUT2D eigenvalue weighted by Gasteiger charge is -2.21. The lowest BCUT2D eigenvalue weighted by atomic mass is 9.96. The summed E-state index contributed by atoms with van der Waals surface area (Å²) < 4.78 is 19.3. The third-order valence-corrected chi connectivity index (χ3v) is 5.19. The zero-order valence-electron chi connectivity index (χ0n) is 13.7. The van der Waals surface area contributed by atoms with E-state index in [2.05, 4.69) is 4.98 Å². The van der Waals surface area contributed by atoms with Gasteiger partial charge < -0.3 is 18.8 Å². The van der Waals surface area contributed by atoms with Crippen LogP contribution in [0, 0.1) is 0 Å². The number of nitrogens with zero attached hydrogens (tertiary/aromatic N) is 3. The van der Waals surface area contributed by atoms with Crippen molar-refractivity contribution in [1.82, 2.24) is 14.5 Å². The van der Waals surface area contributed by atoms with Gasteiger partial charge >= 0.3 is 0 Å². The van der Waals surface area contributed by atoms with E-state index in [1.54, 1.807) is 13.3 Å². The molecule has 3 aromatic heterocycles. The van der Waals surface area contributed by atoms with Gasteiger partial charge in [-0.1, -0.05) is 11.6 Å². The summed E-state index contributed by atoms with van der Waals surface area (Å²) in [6.45, 7) is 1.71. The lowest BCUT2D eigenvalue weighted by Crippen LogP contribution is -2.26. The first kappa shape index (κ1) is 15.1. The van der Waals surface area contributed by atoms with Crippen molar-refractivity contribution < 1.29 is 14.2 Å². The standard InChI is InChI=1S/C18H16ClN3O3/c1-23-14-7-16(22-4-2-11-8-20-15(19)6-13(11)22)21-17-12(14)9-25-18(17)3-5-24-10-18/h2,4,6-8H,3,5,9-10H2,1H3. The van der Waals surface area contributed by atoms with E-state index in [9.17, 15) is 0 Å². The Bertz CT molecular complexity index is 979. The molecule has 0 aliphatic carbocycles. The molecule has 1 saturated heterocycles. The Morgan fingerprint density at radius 3 is 3.08 bits per heavy atom. The van der Waals surface area contributed by atoms with Gasteiger partial charge in [-0.3, -0.25) is 0 Å². The Kier molecular flexibility index (Phi) is 3.28. The summed E-state index contributed by atoms with van der Waals surface area (Å²) in [4.78, 5) is 9.07. The summed E-state index contributed by atoms with van der Waals surface area (Å²) in [6, 6.07) is 5.76. The molecule has 6 nitrogen and oxygen atoms in total. The second-order valence-electron chi connectivity index (χ2n) is 6.35. The summed E-state index contributed by atoms with van der Waals surface area (Å²) in [5.74, 6) is 1.55. The monoisotopic (exact) mass is 357 g/mol. The number of ether oxygens (including phenoxy) is 3. The second kappa shape index (κ2) is 5.42. The van der Waals surface area contributed by atoms with Crippen LogP contribution in [-0.2, 0) is 21.7 Å². The van der Waals surface area contributed by atoms with Gasteiger partial charge in [0, 0.05) is 48.5 Å². The van der Waals surface area contributed by atoms with Crippen LogP contribution in [0.4, 0.5) is 0 Å². The molecule has 1 unspecified atom stereocenters. The molecule has 0 N–H and O–H groups in total. The van der Waals surface area contributed by atoms with E-state index in [-0.39, 0.29) is 0 Å². The summed E-state index contributed by atoms with van der Waals surface area (Å²) in [5, 5.41) is 1.45. The number of fused-ring (bicyclic) bond motifs is 3. The Labute approximate surface area is 149 Å². The van der Waals surface area contributed by atoms with E-state index in [0.29, 0.717) is 25.0 Å². The minimum absolute atomic E-state index is 0.449. The third kappa shape index (κ3) is 2.18. The molecule has 5 rings (SSSR count). The zero-order chi connectivity index (χ0) is 17.0. The van der Waals surface area contributed by atoms with Crippen LogP contribution >= 0.6 is 11.6 Å². The quantitative estimate of drug-likeness (QED) is 0.659. The molecule has 0 radical (unpaired) electrons. The number of rotatable bonds is 2. The van der Waals surface area contributed by atoms with Gasteiger partial charge in [-0.15, -0.1) is 0 Å². The van der Waals surface area contributed by atoms with Crippen molar-refractivity contribution >= 4 is 22.5 Å². The molecule has 2 aliphatic heterocycles.